The normalized spacial score (nSPS) is 47.0. The third-order valence-electron chi connectivity index (χ3n) is 4.85. The van der Waals surface area contributed by atoms with Gasteiger partial charge in [0.25, 0.3) is 0 Å². The lowest BCUT2D eigenvalue weighted by Gasteiger charge is -2.32. The number of hydrogen-bond acceptors (Lipinski definition) is 1. The minimum Gasteiger partial charge on any atom is -0.311 e. The number of hydrogen-bond donors (Lipinski definition) is 1. The first-order valence-electron chi connectivity index (χ1n) is 6.93. The standard InChI is InChI=1S/C14H27N/c1-10-5-4-6-13(9-10)15-14-8-7-11(2)12(14)3/h10-15H,4-9H2,1-3H3. The SMILES string of the molecule is CC1CCCC(NC2CCC(C)C2C)C1. The van der Waals surface area contributed by atoms with Gasteiger partial charge >= 0.3 is 0 Å². The second kappa shape index (κ2) is 4.86. The molecule has 0 bridgehead atoms. The molecule has 1 N–H and O–H groups in total. The van der Waals surface area contributed by atoms with Crippen LogP contribution in [0.5, 0.6) is 0 Å². The fraction of sp³-hybridized carbons (Fsp3) is 1.00. The van der Waals surface area contributed by atoms with Gasteiger partial charge in [0.15, 0.2) is 0 Å². The molecule has 0 aromatic carbocycles. The minimum atomic E-state index is 0.815. The molecule has 88 valence electrons. The summed E-state index contributed by atoms with van der Waals surface area (Å²) in [6.45, 7) is 7.26. The van der Waals surface area contributed by atoms with Crippen LogP contribution in [0.15, 0.2) is 0 Å². The van der Waals surface area contributed by atoms with Crippen molar-refractivity contribution in [1.29, 1.82) is 0 Å². The molecule has 2 fully saturated rings. The van der Waals surface area contributed by atoms with Crippen LogP contribution in [0, 0.1) is 17.8 Å². The van der Waals surface area contributed by atoms with E-state index in [-0.39, 0.29) is 0 Å². The van der Waals surface area contributed by atoms with Crippen LogP contribution in [-0.4, -0.2) is 12.1 Å². The molecule has 5 atom stereocenters. The van der Waals surface area contributed by atoms with E-state index in [0.717, 1.165) is 29.8 Å². The summed E-state index contributed by atoms with van der Waals surface area (Å²) in [6.07, 6.45) is 8.57. The molecule has 0 aromatic heterocycles. The van der Waals surface area contributed by atoms with Crippen LogP contribution in [-0.2, 0) is 0 Å². The number of nitrogens with one attached hydrogen (secondary N) is 1. The molecule has 15 heavy (non-hydrogen) atoms. The summed E-state index contributed by atoms with van der Waals surface area (Å²) in [5.41, 5.74) is 0. The topological polar surface area (TPSA) is 12.0 Å². The van der Waals surface area contributed by atoms with Crippen LogP contribution in [0.1, 0.15) is 59.3 Å². The van der Waals surface area contributed by atoms with Gasteiger partial charge in [-0.05, 0) is 43.4 Å². The molecule has 2 rings (SSSR count). The zero-order valence-electron chi connectivity index (χ0n) is 10.6. The van der Waals surface area contributed by atoms with Crippen LogP contribution < -0.4 is 5.32 Å². The largest absolute Gasteiger partial charge is 0.311 e. The van der Waals surface area contributed by atoms with Crippen molar-refractivity contribution >= 4 is 0 Å². The molecule has 0 spiro atoms. The Hall–Kier alpha value is -0.0400. The summed E-state index contributed by atoms with van der Waals surface area (Å²) in [6, 6.07) is 1.64. The van der Waals surface area contributed by atoms with Crippen LogP contribution in [0.25, 0.3) is 0 Å². The Labute approximate surface area is 95.0 Å². The molecule has 2 aliphatic carbocycles. The van der Waals surface area contributed by atoms with Gasteiger partial charge in [0, 0.05) is 12.1 Å². The Kier molecular flexibility index (Phi) is 3.71. The van der Waals surface area contributed by atoms with E-state index in [1.54, 1.807) is 0 Å². The van der Waals surface area contributed by atoms with Crippen molar-refractivity contribution in [2.45, 2.75) is 71.4 Å². The van der Waals surface area contributed by atoms with Crippen molar-refractivity contribution in [2.75, 3.05) is 0 Å². The van der Waals surface area contributed by atoms with Gasteiger partial charge in [0.05, 0.1) is 0 Å². The second-order valence-corrected chi connectivity index (χ2v) is 6.16. The highest BCUT2D eigenvalue weighted by Gasteiger charge is 2.31. The van der Waals surface area contributed by atoms with Crippen LogP contribution >= 0.6 is 0 Å². The van der Waals surface area contributed by atoms with Gasteiger partial charge in [0.2, 0.25) is 0 Å². The van der Waals surface area contributed by atoms with Crippen LogP contribution in [0.3, 0.4) is 0 Å². The van der Waals surface area contributed by atoms with Crippen molar-refractivity contribution in [3.63, 3.8) is 0 Å². The highest BCUT2D eigenvalue weighted by atomic mass is 15.0. The van der Waals surface area contributed by atoms with E-state index in [0.29, 0.717) is 0 Å². The van der Waals surface area contributed by atoms with Crippen molar-refractivity contribution in [2.24, 2.45) is 17.8 Å². The van der Waals surface area contributed by atoms with Gasteiger partial charge in [0.1, 0.15) is 0 Å². The van der Waals surface area contributed by atoms with E-state index in [4.69, 9.17) is 0 Å². The van der Waals surface area contributed by atoms with E-state index in [1.807, 2.05) is 0 Å². The molecule has 2 saturated carbocycles. The molecule has 0 aromatic rings. The molecule has 0 aliphatic heterocycles. The summed E-state index contributed by atoms with van der Waals surface area (Å²) in [5.74, 6) is 2.77. The quantitative estimate of drug-likeness (QED) is 0.733. The van der Waals surface area contributed by atoms with E-state index in [2.05, 4.69) is 26.1 Å². The molecule has 0 heterocycles. The summed E-state index contributed by atoms with van der Waals surface area (Å²) < 4.78 is 0. The molecule has 0 radical (unpaired) electrons. The minimum absolute atomic E-state index is 0.815. The zero-order valence-corrected chi connectivity index (χ0v) is 10.6. The highest BCUT2D eigenvalue weighted by molar-refractivity contribution is 4.88. The first-order valence-corrected chi connectivity index (χ1v) is 6.93. The Morgan fingerprint density at radius 1 is 0.933 bits per heavy atom. The van der Waals surface area contributed by atoms with Gasteiger partial charge in [-0.1, -0.05) is 33.6 Å². The Balaban J connectivity index is 1.81. The number of rotatable bonds is 2. The third kappa shape index (κ3) is 2.75. The maximum atomic E-state index is 3.93. The average molecular weight is 209 g/mol. The molecule has 0 saturated heterocycles. The van der Waals surface area contributed by atoms with E-state index < -0.39 is 0 Å². The predicted octanol–water partition coefficient (Wildman–Crippen LogP) is 3.59. The summed E-state index contributed by atoms with van der Waals surface area (Å²) in [5, 5.41) is 3.93. The fourth-order valence-corrected chi connectivity index (χ4v) is 3.49. The smallest absolute Gasteiger partial charge is 0.00979 e. The molecule has 2 aliphatic rings. The van der Waals surface area contributed by atoms with E-state index in [1.165, 1.54) is 38.5 Å². The van der Waals surface area contributed by atoms with E-state index >= 15 is 0 Å². The van der Waals surface area contributed by atoms with Crippen molar-refractivity contribution in [3.8, 4) is 0 Å². The van der Waals surface area contributed by atoms with Gasteiger partial charge in [-0.3, -0.25) is 0 Å². The second-order valence-electron chi connectivity index (χ2n) is 6.16. The Bertz CT molecular complexity index is 202. The van der Waals surface area contributed by atoms with Gasteiger partial charge in [-0.2, -0.15) is 0 Å². The van der Waals surface area contributed by atoms with Crippen molar-refractivity contribution in [1.82, 2.24) is 5.32 Å². The lowest BCUT2D eigenvalue weighted by molar-refractivity contribution is 0.256. The van der Waals surface area contributed by atoms with Crippen molar-refractivity contribution in [3.05, 3.63) is 0 Å². The first-order chi connectivity index (χ1) is 7.16. The van der Waals surface area contributed by atoms with Gasteiger partial charge in [-0.25, -0.2) is 0 Å². The maximum absolute atomic E-state index is 3.93. The fourth-order valence-electron chi connectivity index (χ4n) is 3.49. The first kappa shape index (κ1) is 11.4. The summed E-state index contributed by atoms with van der Waals surface area (Å²) in [7, 11) is 0. The predicted molar refractivity (Wildman–Crippen MR) is 65.9 cm³/mol. The van der Waals surface area contributed by atoms with Gasteiger partial charge in [-0.15, -0.1) is 0 Å². The molecule has 5 unspecified atom stereocenters. The monoisotopic (exact) mass is 209 g/mol. The Morgan fingerprint density at radius 2 is 1.73 bits per heavy atom. The molecular weight excluding hydrogens is 182 g/mol. The Morgan fingerprint density at radius 3 is 2.33 bits per heavy atom. The molecule has 0 amide bonds. The zero-order chi connectivity index (χ0) is 10.8. The summed E-state index contributed by atoms with van der Waals surface area (Å²) in [4.78, 5) is 0. The lowest BCUT2D eigenvalue weighted by atomic mass is 9.86. The summed E-state index contributed by atoms with van der Waals surface area (Å²) >= 11 is 0. The average Bonchev–Trinajstić information content (AvgIpc) is 2.50. The van der Waals surface area contributed by atoms with Gasteiger partial charge < -0.3 is 5.32 Å². The maximum Gasteiger partial charge on any atom is 0.00979 e. The lowest BCUT2D eigenvalue weighted by Crippen LogP contribution is -2.42. The third-order valence-corrected chi connectivity index (χ3v) is 4.85. The van der Waals surface area contributed by atoms with Crippen molar-refractivity contribution < 1.29 is 0 Å². The van der Waals surface area contributed by atoms with E-state index in [9.17, 15) is 0 Å². The van der Waals surface area contributed by atoms with Crippen LogP contribution in [0.4, 0.5) is 0 Å². The highest BCUT2D eigenvalue weighted by Crippen LogP contribution is 2.33. The molecule has 1 nitrogen and oxygen atoms in total. The molecule has 1 heteroatoms. The van der Waals surface area contributed by atoms with Crippen LogP contribution in [0.2, 0.25) is 0 Å². The molecular formula is C14H27N.